The predicted molar refractivity (Wildman–Crippen MR) is 43.0 cm³/mol. The topological polar surface area (TPSA) is 75.3 Å². The largest absolute Gasteiger partial charge is 0.396 e. The van der Waals surface area contributed by atoms with Gasteiger partial charge in [0.05, 0.1) is 6.04 Å². The molecule has 0 heterocycles. The van der Waals surface area contributed by atoms with Crippen LogP contribution in [-0.2, 0) is 4.79 Å². The van der Waals surface area contributed by atoms with Crippen molar-refractivity contribution in [2.24, 2.45) is 5.73 Å². The molecule has 0 bridgehead atoms. The Morgan fingerprint density at radius 1 is 1.73 bits per heavy atom. The van der Waals surface area contributed by atoms with Crippen molar-refractivity contribution in [1.29, 1.82) is 0 Å². The minimum atomic E-state index is -0.328. The van der Waals surface area contributed by atoms with Crippen LogP contribution in [0.2, 0.25) is 0 Å². The fraction of sp³-hybridized carbons (Fsp3) is 0.857. The van der Waals surface area contributed by atoms with E-state index < -0.39 is 0 Å². The number of hydrogen-bond donors (Lipinski definition) is 3. The first kappa shape index (κ1) is 10.4. The minimum absolute atomic E-state index is 0.141. The third-order valence-electron chi connectivity index (χ3n) is 1.48. The van der Waals surface area contributed by atoms with Gasteiger partial charge in [-0.1, -0.05) is 6.92 Å². The molecule has 0 aliphatic carbocycles. The summed E-state index contributed by atoms with van der Waals surface area (Å²) >= 11 is 0. The second-order valence-corrected chi connectivity index (χ2v) is 2.39. The number of rotatable bonds is 6. The molecular weight excluding hydrogens is 144 g/mol. The predicted octanol–water partition coefficient (Wildman–Crippen LogP) is -0.778. The molecule has 1 amide bonds. The van der Waals surface area contributed by atoms with E-state index in [1.165, 1.54) is 0 Å². The lowest BCUT2D eigenvalue weighted by Gasteiger charge is -2.11. The Morgan fingerprint density at radius 2 is 2.36 bits per heavy atom. The number of nitrogens with two attached hydrogens (primary N) is 1. The standard InChI is InChI=1S/C7H16N2O2/c1-2-6(7(8)11)9-4-3-5-10/h6,9-10H,2-5H2,1H3,(H2,8,11). The zero-order valence-electron chi connectivity index (χ0n) is 6.84. The van der Waals surface area contributed by atoms with Gasteiger partial charge in [0.15, 0.2) is 0 Å². The molecule has 66 valence electrons. The van der Waals surface area contributed by atoms with Crippen LogP contribution in [0.25, 0.3) is 0 Å². The Hall–Kier alpha value is -0.610. The van der Waals surface area contributed by atoms with Gasteiger partial charge in [-0.2, -0.15) is 0 Å². The van der Waals surface area contributed by atoms with Crippen LogP contribution in [0.15, 0.2) is 0 Å². The van der Waals surface area contributed by atoms with Gasteiger partial charge in [0.1, 0.15) is 0 Å². The number of primary amides is 1. The number of carbonyl (C=O) groups excluding carboxylic acids is 1. The number of aliphatic hydroxyl groups excluding tert-OH is 1. The smallest absolute Gasteiger partial charge is 0.234 e. The molecule has 0 aliphatic heterocycles. The van der Waals surface area contributed by atoms with Gasteiger partial charge in [0.25, 0.3) is 0 Å². The maximum absolute atomic E-state index is 10.6. The van der Waals surface area contributed by atoms with E-state index in [-0.39, 0.29) is 18.6 Å². The normalized spacial score (nSPS) is 12.9. The second kappa shape index (κ2) is 6.12. The Kier molecular flexibility index (Phi) is 5.78. The van der Waals surface area contributed by atoms with Gasteiger partial charge in [-0.15, -0.1) is 0 Å². The van der Waals surface area contributed by atoms with Crippen molar-refractivity contribution in [3.8, 4) is 0 Å². The van der Waals surface area contributed by atoms with E-state index in [0.717, 1.165) is 0 Å². The summed E-state index contributed by atoms with van der Waals surface area (Å²) in [7, 11) is 0. The highest BCUT2D eigenvalue weighted by molar-refractivity contribution is 5.79. The third kappa shape index (κ3) is 4.75. The molecule has 0 spiro atoms. The Labute approximate surface area is 66.8 Å². The maximum atomic E-state index is 10.6. The highest BCUT2D eigenvalue weighted by Gasteiger charge is 2.09. The van der Waals surface area contributed by atoms with E-state index in [9.17, 15) is 4.79 Å². The number of aliphatic hydroxyl groups is 1. The molecule has 0 aromatic rings. The molecule has 0 radical (unpaired) electrons. The van der Waals surface area contributed by atoms with Gasteiger partial charge in [-0.3, -0.25) is 4.79 Å². The zero-order valence-corrected chi connectivity index (χ0v) is 6.84. The third-order valence-corrected chi connectivity index (χ3v) is 1.48. The van der Waals surface area contributed by atoms with E-state index >= 15 is 0 Å². The second-order valence-electron chi connectivity index (χ2n) is 2.39. The molecule has 1 unspecified atom stereocenters. The molecule has 11 heavy (non-hydrogen) atoms. The Morgan fingerprint density at radius 3 is 2.73 bits per heavy atom. The van der Waals surface area contributed by atoms with Gasteiger partial charge in [0, 0.05) is 6.61 Å². The summed E-state index contributed by atoms with van der Waals surface area (Å²) in [5.74, 6) is -0.328. The van der Waals surface area contributed by atoms with Crippen molar-refractivity contribution < 1.29 is 9.90 Å². The van der Waals surface area contributed by atoms with Crippen molar-refractivity contribution in [2.75, 3.05) is 13.2 Å². The molecule has 4 nitrogen and oxygen atoms in total. The molecule has 0 rings (SSSR count). The zero-order chi connectivity index (χ0) is 8.69. The average molecular weight is 160 g/mol. The van der Waals surface area contributed by atoms with E-state index in [4.69, 9.17) is 10.8 Å². The summed E-state index contributed by atoms with van der Waals surface area (Å²) in [5.41, 5.74) is 5.07. The van der Waals surface area contributed by atoms with Crippen LogP contribution in [0.3, 0.4) is 0 Å². The van der Waals surface area contributed by atoms with Crippen LogP contribution in [0, 0.1) is 0 Å². The van der Waals surface area contributed by atoms with E-state index in [1.54, 1.807) is 0 Å². The van der Waals surface area contributed by atoms with Crippen LogP contribution < -0.4 is 11.1 Å². The molecule has 4 N–H and O–H groups in total. The lowest BCUT2D eigenvalue weighted by Crippen LogP contribution is -2.41. The first-order valence-corrected chi connectivity index (χ1v) is 3.86. The Bertz CT molecular complexity index is 117. The van der Waals surface area contributed by atoms with Crippen LogP contribution in [0.1, 0.15) is 19.8 Å². The summed E-state index contributed by atoms with van der Waals surface area (Å²) in [5, 5.41) is 11.4. The summed E-state index contributed by atoms with van der Waals surface area (Å²) in [6.07, 6.45) is 1.35. The molecule has 4 heteroatoms. The van der Waals surface area contributed by atoms with Crippen LogP contribution >= 0.6 is 0 Å². The highest BCUT2D eigenvalue weighted by Crippen LogP contribution is 1.88. The maximum Gasteiger partial charge on any atom is 0.234 e. The minimum Gasteiger partial charge on any atom is -0.396 e. The number of hydrogen-bond acceptors (Lipinski definition) is 3. The molecule has 0 aromatic carbocycles. The SMILES string of the molecule is CCC(NCCCO)C(N)=O. The van der Waals surface area contributed by atoms with Crippen LogP contribution in [0.5, 0.6) is 0 Å². The first-order valence-electron chi connectivity index (χ1n) is 3.86. The quantitative estimate of drug-likeness (QED) is 0.446. The molecule has 1 atom stereocenters. The molecule has 0 saturated heterocycles. The fourth-order valence-electron chi connectivity index (χ4n) is 0.801. The van der Waals surface area contributed by atoms with E-state index in [2.05, 4.69) is 5.32 Å². The van der Waals surface area contributed by atoms with Crippen LogP contribution in [0.4, 0.5) is 0 Å². The molecule has 0 aliphatic rings. The van der Waals surface area contributed by atoms with Gasteiger partial charge in [-0.05, 0) is 19.4 Å². The van der Waals surface area contributed by atoms with E-state index in [0.29, 0.717) is 19.4 Å². The van der Waals surface area contributed by atoms with Crippen molar-refractivity contribution in [2.45, 2.75) is 25.8 Å². The summed E-state index contributed by atoms with van der Waals surface area (Å²) in [4.78, 5) is 10.6. The first-order chi connectivity index (χ1) is 5.22. The summed E-state index contributed by atoms with van der Waals surface area (Å²) < 4.78 is 0. The number of nitrogens with one attached hydrogen (secondary N) is 1. The van der Waals surface area contributed by atoms with Crippen molar-refractivity contribution in [1.82, 2.24) is 5.32 Å². The van der Waals surface area contributed by atoms with Crippen molar-refractivity contribution in [3.63, 3.8) is 0 Å². The van der Waals surface area contributed by atoms with Crippen molar-refractivity contribution in [3.05, 3.63) is 0 Å². The van der Waals surface area contributed by atoms with Crippen LogP contribution in [-0.4, -0.2) is 30.2 Å². The average Bonchev–Trinajstić information content (AvgIpc) is 1.97. The molecule has 0 fully saturated rings. The molecule has 0 aromatic heterocycles. The van der Waals surface area contributed by atoms with Gasteiger partial charge in [-0.25, -0.2) is 0 Å². The van der Waals surface area contributed by atoms with Gasteiger partial charge < -0.3 is 16.2 Å². The fourth-order valence-corrected chi connectivity index (χ4v) is 0.801. The number of amides is 1. The summed E-state index contributed by atoms with van der Waals surface area (Å²) in [6.45, 7) is 2.67. The number of carbonyl (C=O) groups is 1. The molecular formula is C7H16N2O2. The highest BCUT2D eigenvalue weighted by atomic mass is 16.3. The Balaban J connectivity index is 3.44. The van der Waals surface area contributed by atoms with Crippen molar-refractivity contribution >= 4 is 5.91 Å². The monoisotopic (exact) mass is 160 g/mol. The van der Waals surface area contributed by atoms with E-state index in [1.807, 2.05) is 6.92 Å². The van der Waals surface area contributed by atoms with Gasteiger partial charge >= 0.3 is 0 Å². The van der Waals surface area contributed by atoms with Gasteiger partial charge in [0.2, 0.25) is 5.91 Å². The molecule has 0 saturated carbocycles. The lowest BCUT2D eigenvalue weighted by molar-refractivity contribution is -0.120. The summed E-state index contributed by atoms with van der Waals surface area (Å²) in [6, 6.07) is -0.249. The lowest BCUT2D eigenvalue weighted by atomic mass is 10.2.